The van der Waals surface area contributed by atoms with Gasteiger partial charge in [0, 0.05) is 31.9 Å². The van der Waals surface area contributed by atoms with Gasteiger partial charge >= 0.3 is 0 Å². The number of anilines is 1. The van der Waals surface area contributed by atoms with Crippen molar-refractivity contribution in [2.45, 2.75) is 30.3 Å². The fourth-order valence-corrected chi connectivity index (χ4v) is 4.96. The lowest BCUT2D eigenvalue weighted by Gasteiger charge is -2.22. The van der Waals surface area contributed by atoms with Crippen molar-refractivity contribution in [3.05, 3.63) is 58.6 Å². The summed E-state index contributed by atoms with van der Waals surface area (Å²) in [6.45, 7) is 1.33. The molecule has 166 valence electrons. The van der Waals surface area contributed by atoms with Crippen LogP contribution in [0.3, 0.4) is 0 Å². The van der Waals surface area contributed by atoms with Gasteiger partial charge in [-0.15, -0.1) is 0 Å². The summed E-state index contributed by atoms with van der Waals surface area (Å²) in [7, 11) is -0.999. The van der Waals surface area contributed by atoms with Crippen molar-refractivity contribution >= 4 is 39.1 Å². The molecule has 1 atom stereocenters. The molecule has 1 saturated heterocycles. The highest BCUT2D eigenvalue weighted by Gasteiger charge is 2.28. The van der Waals surface area contributed by atoms with Crippen molar-refractivity contribution in [2.75, 3.05) is 26.0 Å². The quantitative estimate of drug-likeness (QED) is 0.652. The van der Waals surface area contributed by atoms with Gasteiger partial charge in [0.05, 0.1) is 11.1 Å². The number of nitrogens with one attached hydrogen (secondary N) is 1. The Kier molecular flexibility index (Phi) is 7.00. The molecule has 0 aliphatic carbocycles. The first-order valence-corrected chi connectivity index (χ1v) is 11.6. The van der Waals surface area contributed by atoms with Gasteiger partial charge < -0.3 is 11.1 Å². The Morgan fingerprint density at radius 1 is 1.23 bits per heavy atom. The first-order chi connectivity index (χ1) is 14.6. The number of sulfonamides is 1. The molecule has 0 bridgehead atoms. The van der Waals surface area contributed by atoms with Crippen LogP contribution < -0.4 is 11.1 Å². The predicted molar refractivity (Wildman–Crippen MR) is 119 cm³/mol. The van der Waals surface area contributed by atoms with Gasteiger partial charge in [-0.1, -0.05) is 23.7 Å². The summed E-state index contributed by atoms with van der Waals surface area (Å²) < 4.78 is 25.9. The SMILES string of the molecule is CN(C)S(=O)(=O)c1cc(C(=O)Nc2cccc(CN3CCCC3C(N)=O)c2)ccc1Cl. The van der Waals surface area contributed by atoms with Gasteiger partial charge in [-0.3, -0.25) is 14.5 Å². The van der Waals surface area contributed by atoms with E-state index in [-0.39, 0.29) is 27.4 Å². The molecule has 8 nitrogen and oxygen atoms in total. The highest BCUT2D eigenvalue weighted by Crippen LogP contribution is 2.26. The molecule has 2 aromatic rings. The van der Waals surface area contributed by atoms with E-state index in [2.05, 4.69) is 5.32 Å². The second-order valence-corrected chi connectivity index (χ2v) is 10.1. The maximum absolute atomic E-state index is 12.7. The van der Waals surface area contributed by atoms with Gasteiger partial charge in [0.25, 0.3) is 5.91 Å². The predicted octanol–water partition coefficient (Wildman–Crippen LogP) is 2.29. The van der Waals surface area contributed by atoms with Gasteiger partial charge in [-0.25, -0.2) is 12.7 Å². The number of nitrogens with two attached hydrogens (primary N) is 1. The molecular formula is C21H25ClN4O4S. The van der Waals surface area contributed by atoms with Crippen LogP contribution in [0.1, 0.15) is 28.8 Å². The Bertz CT molecular complexity index is 1100. The summed E-state index contributed by atoms with van der Waals surface area (Å²) >= 11 is 6.05. The molecule has 2 amide bonds. The largest absolute Gasteiger partial charge is 0.368 e. The molecule has 10 heteroatoms. The van der Waals surface area contributed by atoms with Gasteiger partial charge in [0.2, 0.25) is 15.9 Å². The van der Waals surface area contributed by atoms with Gasteiger partial charge in [-0.2, -0.15) is 0 Å². The Morgan fingerprint density at radius 2 is 1.97 bits per heavy atom. The van der Waals surface area contributed by atoms with Crippen LogP contribution in [0.4, 0.5) is 5.69 Å². The number of nitrogens with zero attached hydrogens (tertiary/aromatic N) is 2. The van der Waals surface area contributed by atoms with E-state index in [4.69, 9.17) is 17.3 Å². The number of amides is 2. The van der Waals surface area contributed by atoms with Crippen molar-refractivity contribution in [2.24, 2.45) is 5.73 Å². The Morgan fingerprint density at radius 3 is 2.65 bits per heavy atom. The van der Waals surface area contributed by atoms with Crippen LogP contribution in [0.15, 0.2) is 47.4 Å². The zero-order chi connectivity index (χ0) is 22.8. The van der Waals surface area contributed by atoms with E-state index in [9.17, 15) is 18.0 Å². The molecule has 1 aliphatic rings. The minimum Gasteiger partial charge on any atom is -0.368 e. The lowest BCUT2D eigenvalue weighted by molar-refractivity contribution is -0.122. The number of likely N-dealkylation sites (tertiary alicyclic amines) is 1. The summed E-state index contributed by atoms with van der Waals surface area (Å²) in [4.78, 5) is 26.2. The Labute approximate surface area is 187 Å². The van der Waals surface area contributed by atoms with Crippen molar-refractivity contribution in [1.29, 1.82) is 0 Å². The van der Waals surface area contributed by atoms with Crippen LogP contribution in [-0.4, -0.2) is 56.1 Å². The summed E-state index contributed by atoms with van der Waals surface area (Å²) in [5, 5.41) is 2.83. The molecule has 2 aromatic carbocycles. The first kappa shape index (κ1) is 23.2. The minimum absolute atomic E-state index is 0.0434. The number of carbonyl (C=O) groups is 2. The van der Waals surface area contributed by atoms with E-state index in [1.54, 1.807) is 6.07 Å². The average molecular weight is 465 g/mol. The molecule has 1 fully saturated rings. The highest BCUT2D eigenvalue weighted by molar-refractivity contribution is 7.89. The maximum Gasteiger partial charge on any atom is 0.255 e. The monoisotopic (exact) mass is 464 g/mol. The third-order valence-electron chi connectivity index (χ3n) is 5.21. The topological polar surface area (TPSA) is 113 Å². The zero-order valence-corrected chi connectivity index (χ0v) is 18.9. The smallest absolute Gasteiger partial charge is 0.255 e. The lowest BCUT2D eigenvalue weighted by Crippen LogP contribution is -2.39. The molecule has 0 aromatic heterocycles. The van der Waals surface area contributed by atoms with Crippen LogP contribution in [-0.2, 0) is 21.4 Å². The number of benzene rings is 2. The van der Waals surface area contributed by atoms with Crippen LogP contribution in [0.5, 0.6) is 0 Å². The minimum atomic E-state index is -3.79. The lowest BCUT2D eigenvalue weighted by atomic mass is 10.1. The fourth-order valence-electron chi connectivity index (χ4n) is 3.56. The highest BCUT2D eigenvalue weighted by atomic mass is 35.5. The molecule has 0 radical (unpaired) electrons. The van der Waals surface area contributed by atoms with E-state index in [1.165, 1.54) is 32.3 Å². The van der Waals surface area contributed by atoms with E-state index < -0.39 is 15.9 Å². The summed E-state index contributed by atoms with van der Waals surface area (Å²) in [6.07, 6.45) is 1.67. The summed E-state index contributed by atoms with van der Waals surface area (Å²) in [5.41, 5.74) is 7.14. The number of carbonyl (C=O) groups excluding carboxylic acids is 2. The molecule has 0 spiro atoms. The van der Waals surface area contributed by atoms with E-state index in [0.29, 0.717) is 12.2 Å². The molecule has 1 unspecified atom stereocenters. The summed E-state index contributed by atoms with van der Waals surface area (Å²) in [5.74, 6) is -0.784. The molecule has 1 aliphatic heterocycles. The fraction of sp³-hybridized carbons (Fsp3) is 0.333. The number of halogens is 1. The first-order valence-electron chi connectivity index (χ1n) is 9.75. The van der Waals surface area contributed by atoms with E-state index >= 15 is 0 Å². The van der Waals surface area contributed by atoms with Crippen LogP contribution in [0.25, 0.3) is 0 Å². The Balaban J connectivity index is 1.77. The second-order valence-electron chi connectivity index (χ2n) is 7.62. The average Bonchev–Trinajstić information content (AvgIpc) is 3.16. The third-order valence-corrected chi connectivity index (χ3v) is 7.51. The van der Waals surface area contributed by atoms with Crippen LogP contribution in [0, 0.1) is 0 Å². The van der Waals surface area contributed by atoms with E-state index in [0.717, 1.165) is 29.3 Å². The van der Waals surface area contributed by atoms with Gasteiger partial charge in [0.15, 0.2) is 0 Å². The molecule has 1 heterocycles. The summed E-state index contributed by atoms with van der Waals surface area (Å²) in [6, 6.07) is 11.1. The Hall–Kier alpha value is -2.46. The van der Waals surface area contributed by atoms with Crippen molar-refractivity contribution in [1.82, 2.24) is 9.21 Å². The van der Waals surface area contributed by atoms with Crippen molar-refractivity contribution in [3.8, 4) is 0 Å². The standard InChI is InChI=1S/C21H25ClN4O4S/c1-25(2)31(29,30)19-12-15(8-9-17(19)22)21(28)24-16-6-3-5-14(11-16)13-26-10-4-7-18(26)20(23)27/h3,5-6,8-9,11-12,18H,4,7,10,13H2,1-2H3,(H2,23,27)(H,24,28). The molecule has 0 saturated carbocycles. The maximum atomic E-state index is 12.7. The van der Waals surface area contributed by atoms with Gasteiger partial charge in [0.1, 0.15) is 4.90 Å². The van der Waals surface area contributed by atoms with Gasteiger partial charge in [-0.05, 0) is 55.3 Å². The zero-order valence-electron chi connectivity index (χ0n) is 17.3. The third kappa shape index (κ3) is 5.24. The van der Waals surface area contributed by atoms with Crippen molar-refractivity contribution < 1.29 is 18.0 Å². The number of hydrogen-bond donors (Lipinski definition) is 2. The molecular weight excluding hydrogens is 440 g/mol. The van der Waals surface area contributed by atoms with Crippen LogP contribution >= 0.6 is 11.6 Å². The molecule has 31 heavy (non-hydrogen) atoms. The number of rotatable bonds is 7. The second kappa shape index (κ2) is 9.35. The molecule has 3 rings (SSSR count). The normalized spacial score (nSPS) is 17.1. The number of hydrogen-bond acceptors (Lipinski definition) is 5. The van der Waals surface area contributed by atoms with E-state index in [1.807, 2.05) is 23.1 Å². The van der Waals surface area contributed by atoms with Crippen LogP contribution in [0.2, 0.25) is 5.02 Å². The number of primary amides is 1. The molecule has 3 N–H and O–H groups in total. The van der Waals surface area contributed by atoms with Crippen molar-refractivity contribution in [3.63, 3.8) is 0 Å².